The summed E-state index contributed by atoms with van der Waals surface area (Å²) in [6.45, 7) is 3.96. The summed E-state index contributed by atoms with van der Waals surface area (Å²) in [5, 5.41) is 7.65. The van der Waals surface area contributed by atoms with Gasteiger partial charge in [-0.1, -0.05) is 46.9 Å². The quantitative estimate of drug-likeness (QED) is 0.574. The monoisotopic (exact) mass is 249 g/mol. The number of alkyl halides is 3. The van der Waals surface area contributed by atoms with E-state index >= 15 is 0 Å². The zero-order chi connectivity index (χ0) is 10.9. The van der Waals surface area contributed by atoms with Crippen LogP contribution in [0.15, 0.2) is 18.2 Å². The van der Waals surface area contributed by atoms with Crippen LogP contribution in [-0.4, -0.2) is 9.50 Å². The highest BCUT2D eigenvalue weighted by Gasteiger charge is 2.27. The van der Waals surface area contributed by atoms with E-state index in [0.29, 0.717) is 5.56 Å². The van der Waals surface area contributed by atoms with Crippen molar-refractivity contribution in [2.45, 2.75) is 17.6 Å². The highest BCUT2D eigenvalue weighted by Crippen LogP contribution is 2.30. The molecule has 1 aromatic rings. The summed E-state index contributed by atoms with van der Waals surface area (Å²) in [5.41, 5.74) is 2.89. The third kappa shape index (κ3) is 2.63. The lowest BCUT2D eigenvalue weighted by Crippen LogP contribution is -2.19. The van der Waals surface area contributed by atoms with E-state index in [4.69, 9.17) is 40.2 Å². The molecule has 1 nitrogen and oxygen atoms in total. The maximum absolute atomic E-state index is 7.65. The van der Waals surface area contributed by atoms with Crippen molar-refractivity contribution in [1.82, 2.24) is 0 Å². The zero-order valence-corrected chi connectivity index (χ0v) is 10.1. The Balaban J connectivity index is 3.10. The van der Waals surface area contributed by atoms with Crippen molar-refractivity contribution >= 4 is 40.5 Å². The van der Waals surface area contributed by atoms with Gasteiger partial charge >= 0.3 is 0 Å². The molecular formula is C10H10Cl3N. The van der Waals surface area contributed by atoms with Gasteiger partial charge in [-0.2, -0.15) is 0 Å². The first-order valence-electron chi connectivity index (χ1n) is 4.05. The average molecular weight is 251 g/mol. The first-order valence-corrected chi connectivity index (χ1v) is 5.19. The Morgan fingerprint density at radius 2 is 1.71 bits per heavy atom. The average Bonchev–Trinajstić information content (AvgIpc) is 2.07. The van der Waals surface area contributed by atoms with E-state index in [0.717, 1.165) is 11.1 Å². The number of rotatable bonds is 1. The number of benzene rings is 1. The second-order valence-corrected chi connectivity index (χ2v) is 5.45. The minimum atomic E-state index is -1.65. The van der Waals surface area contributed by atoms with Gasteiger partial charge < -0.3 is 5.41 Å². The summed E-state index contributed by atoms with van der Waals surface area (Å²) in [6, 6.07) is 5.54. The molecule has 0 aliphatic carbocycles. The van der Waals surface area contributed by atoms with Crippen LogP contribution in [0.5, 0.6) is 0 Å². The third-order valence-corrected chi connectivity index (χ3v) is 2.65. The molecule has 76 valence electrons. The van der Waals surface area contributed by atoms with Crippen molar-refractivity contribution < 1.29 is 0 Å². The molecule has 0 radical (unpaired) electrons. The summed E-state index contributed by atoms with van der Waals surface area (Å²) in [7, 11) is 0. The number of aryl methyl sites for hydroxylation is 2. The summed E-state index contributed by atoms with van der Waals surface area (Å²) in [5.74, 6) is 0. The second-order valence-electron chi connectivity index (χ2n) is 3.17. The standard InChI is InChI=1S/C10H10Cl3N/c1-6-3-4-8(5-7(6)2)9(14)10(11,12)13/h3-5,14H,1-2H3. The van der Waals surface area contributed by atoms with E-state index in [1.165, 1.54) is 0 Å². The van der Waals surface area contributed by atoms with Gasteiger partial charge in [0.2, 0.25) is 3.79 Å². The molecule has 0 amide bonds. The molecule has 0 spiro atoms. The number of hydrogen-bond donors (Lipinski definition) is 1. The van der Waals surface area contributed by atoms with Crippen molar-refractivity contribution in [1.29, 1.82) is 5.41 Å². The van der Waals surface area contributed by atoms with E-state index in [2.05, 4.69) is 0 Å². The molecule has 0 unspecified atom stereocenters. The molecule has 0 heterocycles. The molecule has 1 aromatic carbocycles. The minimum Gasteiger partial charge on any atom is -0.300 e. The summed E-state index contributed by atoms with van der Waals surface area (Å²) >= 11 is 16.8. The van der Waals surface area contributed by atoms with Gasteiger partial charge in [0, 0.05) is 0 Å². The minimum absolute atomic E-state index is 0.00519. The molecule has 1 rings (SSSR count). The molecule has 0 fully saturated rings. The van der Waals surface area contributed by atoms with Crippen molar-refractivity contribution in [2.75, 3.05) is 0 Å². The largest absolute Gasteiger partial charge is 0.300 e. The molecule has 1 N–H and O–H groups in total. The Morgan fingerprint density at radius 1 is 1.14 bits per heavy atom. The fourth-order valence-electron chi connectivity index (χ4n) is 1.06. The lowest BCUT2D eigenvalue weighted by atomic mass is 10.0. The first-order chi connectivity index (χ1) is 6.32. The van der Waals surface area contributed by atoms with Gasteiger partial charge in [-0.25, -0.2) is 0 Å². The lowest BCUT2D eigenvalue weighted by Gasteiger charge is -2.13. The molecular weight excluding hydrogens is 240 g/mol. The molecule has 0 aromatic heterocycles. The fraction of sp³-hybridized carbons (Fsp3) is 0.300. The van der Waals surface area contributed by atoms with Crippen molar-refractivity contribution in [3.05, 3.63) is 34.9 Å². The molecule has 4 heteroatoms. The Morgan fingerprint density at radius 3 is 2.14 bits per heavy atom. The van der Waals surface area contributed by atoms with Crippen LogP contribution in [0, 0.1) is 19.3 Å². The Labute approximate surface area is 98.5 Å². The van der Waals surface area contributed by atoms with Gasteiger partial charge in [0.1, 0.15) is 0 Å². The van der Waals surface area contributed by atoms with Crippen molar-refractivity contribution in [3.8, 4) is 0 Å². The molecule has 0 saturated heterocycles. The second kappa shape index (κ2) is 4.09. The Bertz CT molecular complexity index is 366. The zero-order valence-electron chi connectivity index (χ0n) is 7.87. The Kier molecular flexibility index (Phi) is 3.46. The molecule has 0 atom stereocenters. The lowest BCUT2D eigenvalue weighted by molar-refractivity contribution is 1.31. The van der Waals surface area contributed by atoms with Gasteiger partial charge in [0.25, 0.3) is 0 Å². The van der Waals surface area contributed by atoms with Crippen LogP contribution in [0.2, 0.25) is 0 Å². The van der Waals surface area contributed by atoms with Gasteiger partial charge in [0.15, 0.2) is 0 Å². The van der Waals surface area contributed by atoms with Crippen LogP contribution in [-0.2, 0) is 0 Å². The van der Waals surface area contributed by atoms with Crippen LogP contribution in [0.1, 0.15) is 16.7 Å². The van der Waals surface area contributed by atoms with Gasteiger partial charge in [-0.05, 0) is 36.6 Å². The third-order valence-electron chi connectivity index (χ3n) is 2.08. The maximum Gasteiger partial charge on any atom is 0.232 e. The van der Waals surface area contributed by atoms with Gasteiger partial charge in [0.05, 0.1) is 5.71 Å². The maximum atomic E-state index is 7.65. The van der Waals surface area contributed by atoms with Crippen LogP contribution in [0.25, 0.3) is 0 Å². The summed E-state index contributed by atoms with van der Waals surface area (Å²) in [6.07, 6.45) is 0. The topological polar surface area (TPSA) is 23.9 Å². The van der Waals surface area contributed by atoms with E-state index in [1.807, 2.05) is 26.0 Å². The summed E-state index contributed by atoms with van der Waals surface area (Å²) < 4.78 is -1.65. The summed E-state index contributed by atoms with van der Waals surface area (Å²) in [4.78, 5) is 0. The molecule has 14 heavy (non-hydrogen) atoms. The van der Waals surface area contributed by atoms with E-state index in [-0.39, 0.29) is 5.71 Å². The van der Waals surface area contributed by atoms with E-state index in [9.17, 15) is 0 Å². The van der Waals surface area contributed by atoms with Crippen molar-refractivity contribution in [2.24, 2.45) is 0 Å². The smallest absolute Gasteiger partial charge is 0.232 e. The van der Waals surface area contributed by atoms with Crippen LogP contribution < -0.4 is 0 Å². The highest BCUT2D eigenvalue weighted by atomic mass is 35.6. The highest BCUT2D eigenvalue weighted by molar-refractivity contribution is 6.77. The van der Waals surface area contributed by atoms with Crippen LogP contribution >= 0.6 is 34.8 Å². The van der Waals surface area contributed by atoms with Gasteiger partial charge in [-0.3, -0.25) is 0 Å². The van der Waals surface area contributed by atoms with E-state index in [1.54, 1.807) is 6.07 Å². The molecule has 0 bridgehead atoms. The normalized spacial score (nSPS) is 11.5. The molecule has 0 aliphatic rings. The molecule has 0 saturated carbocycles. The van der Waals surface area contributed by atoms with Crippen LogP contribution in [0.3, 0.4) is 0 Å². The number of hydrogen-bond acceptors (Lipinski definition) is 1. The predicted molar refractivity (Wildman–Crippen MR) is 63.0 cm³/mol. The SMILES string of the molecule is Cc1ccc(C(=N)C(Cl)(Cl)Cl)cc1C. The first kappa shape index (κ1) is 11.8. The van der Waals surface area contributed by atoms with Crippen LogP contribution in [0.4, 0.5) is 0 Å². The van der Waals surface area contributed by atoms with E-state index < -0.39 is 3.79 Å². The fourth-order valence-corrected chi connectivity index (χ4v) is 1.39. The van der Waals surface area contributed by atoms with Crippen molar-refractivity contribution in [3.63, 3.8) is 0 Å². The Hall–Kier alpha value is -0.240. The van der Waals surface area contributed by atoms with Gasteiger partial charge in [-0.15, -0.1) is 0 Å². The number of halogens is 3. The predicted octanol–water partition coefficient (Wildman–Crippen LogP) is 4.04. The number of nitrogens with one attached hydrogen (secondary N) is 1. The molecule has 0 aliphatic heterocycles.